The fourth-order valence-electron chi connectivity index (χ4n) is 2.24. The highest BCUT2D eigenvalue weighted by molar-refractivity contribution is 5.33. The van der Waals surface area contributed by atoms with Gasteiger partial charge in [-0.2, -0.15) is 0 Å². The average molecular weight is 202 g/mol. The maximum absolute atomic E-state index is 12.8. The molecule has 2 rings (SSSR count). The van der Waals surface area contributed by atoms with Crippen LogP contribution in [0.15, 0.2) is 4.52 Å². The molecule has 14 heavy (non-hydrogen) atoms. The number of aryl methyl sites for hydroxylation is 2. The molecule has 1 aliphatic rings. The molecule has 0 amide bonds. The second kappa shape index (κ2) is 2.53. The van der Waals surface area contributed by atoms with Gasteiger partial charge in [-0.1, -0.05) is 5.16 Å². The van der Waals surface area contributed by atoms with Gasteiger partial charge in [-0.05, 0) is 13.8 Å². The Morgan fingerprint density at radius 1 is 1.36 bits per heavy atom. The topological polar surface area (TPSA) is 52.0 Å². The number of nitrogens with zero attached hydrogens (tertiary/aromatic N) is 1. The summed E-state index contributed by atoms with van der Waals surface area (Å²) in [6.07, 6.45) is -0.633. The maximum atomic E-state index is 12.8. The molecule has 0 aromatic carbocycles. The zero-order valence-corrected chi connectivity index (χ0v) is 8.10. The molecule has 0 aliphatic heterocycles. The molecule has 0 radical (unpaired) electrons. The Balaban J connectivity index is 2.33. The normalized spacial score (nSPS) is 23.2. The van der Waals surface area contributed by atoms with E-state index in [9.17, 15) is 8.78 Å². The molecule has 1 heterocycles. The average Bonchev–Trinajstić information content (AvgIpc) is 2.26. The van der Waals surface area contributed by atoms with Gasteiger partial charge < -0.3 is 10.3 Å². The summed E-state index contributed by atoms with van der Waals surface area (Å²) in [5.74, 6) is -2.09. The van der Waals surface area contributed by atoms with Crippen LogP contribution in [0.4, 0.5) is 8.78 Å². The number of rotatable bonds is 1. The number of alkyl halides is 2. The van der Waals surface area contributed by atoms with Crippen molar-refractivity contribution in [3.05, 3.63) is 17.0 Å². The Bertz CT molecular complexity index is 345. The fourth-order valence-corrected chi connectivity index (χ4v) is 2.24. The van der Waals surface area contributed by atoms with Crippen molar-refractivity contribution in [3.8, 4) is 0 Å². The first-order chi connectivity index (χ1) is 6.34. The van der Waals surface area contributed by atoms with E-state index >= 15 is 0 Å². The van der Waals surface area contributed by atoms with Crippen molar-refractivity contribution in [1.29, 1.82) is 0 Å². The van der Waals surface area contributed by atoms with E-state index in [1.165, 1.54) is 0 Å². The quantitative estimate of drug-likeness (QED) is 0.756. The summed E-state index contributed by atoms with van der Waals surface area (Å²) in [4.78, 5) is 0. The van der Waals surface area contributed by atoms with Crippen LogP contribution in [0, 0.1) is 13.8 Å². The third kappa shape index (κ3) is 1.23. The van der Waals surface area contributed by atoms with Crippen molar-refractivity contribution < 1.29 is 13.3 Å². The lowest BCUT2D eigenvalue weighted by Crippen LogP contribution is -2.55. The minimum atomic E-state index is -2.63. The van der Waals surface area contributed by atoms with E-state index in [0.717, 1.165) is 0 Å². The molecule has 0 spiro atoms. The molecule has 0 unspecified atom stereocenters. The van der Waals surface area contributed by atoms with Gasteiger partial charge in [-0.15, -0.1) is 0 Å². The van der Waals surface area contributed by atoms with Crippen LogP contribution in [0.2, 0.25) is 0 Å². The van der Waals surface area contributed by atoms with Gasteiger partial charge in [-0.3, -0.25) is 0 Å². The lowest BCUT2D eigenvalue weighted by Gasteiger charge is -2.44. The van der Waals surface area contributed by atoms with Gasteiger partial charge in [-0.25, -0.2) is 8.78 Å². The highest BCUT2D eigenvalue weighted by atomic mass is 19.3. The molecule has 1 aliphatic carbocycles. The van der Waals surface area contributed by atoms with E-state index in [2.05, 4.69) is 5.16 Å². The van der Waals surface area contributed by atoms with E-state index in [0.29, 0.717) is 17.0 Å². The molecule has 1 aromatic rings. The summed E-state index contributed by atoms with van der Waals surface area (Å²) in [6.45, 7) is 3.41. The largest absolute Gasteiger partial charge is 0.361 e. The zero-order chi connectivity index (χ0) is 10.6. The maximum Gasteiger partial charge on any atom is 0.252 e. The van der Waals surface area contributed by atoms with Crippen molar-refractivity contribution in [1.82, 2.24) is 5.16 Å². The Hall–Kier alpha value is -0.970. The van der Waals surface area contributed by atoms with Crippen LogP contribution < -0.4 is 5.73 Å². The van der Waals surface area contributed by atoms with Crippen molar-refractivity contribution in [2.24, 2.45) is 5.73 Å². The first-order valence-electron chi connectivity index (χ1n) is 4.44. The summed E-state index contributed by atoms with van der Waals surface area (Å²) in [5.41, 5.74) is 6.17. The van der Waals surface area contributed by atoms with Crippen LogP contribution in [0.25, 0.3) is 0 Å². The second-order valence-electron chi connectivity index (χ2n) is 4.06. The van der Waals surface area contributed by atoms with Crippen LogP contribution in [-0.2, 0) is 5.54 Å². The smallest absolute Gasteiger partial charge is 0.252 e. The monoisotopic (exact) mass is 202 g/mol. The fraction of sp³-hybridized carbons (Fsp3) is 0.667. The highest BCUT2D eigenvalue weighted by Gasteiger charge is 2.57. The predicted molar refractivity (Wildman–Crippen MR) is 46.0 cm³/mol. The van der Waals surface area contributed by atoms with Crippen molar-refractivity contribution >= 4 is 0 Å². The lowest BCUT2D eigenvalue weighted by atomic mass is 9.69. The molecule has 1 aromatic heterocycles. The SMILES string of the molecule is Cc1noc(C)c1C1(N)CC(F)(F)C1. The highest BCUT2D eigenvalue weighted by Crippen LogP contribution is 2.51. The Morgan fingerprint density at radius 3 is 2.29 bits per heavy atom. The molecule has 0 saturated heterocycles. The van der Waals surface area contributed by atoms with Crippen LogP contribution in [-0.4, -0.2) is 11.1 Å². The second-order valence-corrected chi connectivity index (χ2v) is 4.06. The predicted octanol–water partition coefficient (Wildman–Crippen LogP) is 1.87. The van der Waals surface area contributed by atoms with Crippen molar-refractivity contribution in [2.45, 2.75) is 38.2 Å². The number of halogens is 2. The summed E-state index contributed by atoms with van der Waals surface area (Å²) < 4.78 is 30.4. The molecule has 78 valence electrons. The van der Waals surface area contributed by atoms with Crippen LogP contribution in [0.5, 0.6) is 0 Å². The number of hydrogen-bond acceptors (Lipinski definition) is 3. The van der Waals surface area contributed by atoms with Gasteiger partial charge in [0.25, 0.3) is 5.92 Å². The summed E-state index contributed by atoms with van der Waals surface area (Å²) in [5, 5.41) is 3.71. The Morgan fingerprint density at radius 2 is 1.93 bits per heavy atom. The van der Waals surface area contributed by atoms with E-state index in [-0.39, 0.29) is 12.8 Å². The van der Waals surface area contributed by atoms with Gasteiger partial charge in [0.05, 0.1) is 11.2 Å². The molecule has 5 heteroatoms. The number of nitrogens with two attached hydrogens (primary N) is 1. The van der Waals surface area contributed by atoms with Crippen molar-refractivity contribution in [2.75, 3.05) is 0 Å². The summed E-state index contributed by atoms with van der Waals surface area (Å²) in [6, 6.07) is 0. The number of hydrogen-bond donors (Lipinski definition) is 1. The van der Waals surface area contributed by atoms with E-state index < -0.39 is 11.5 Å². The van der Waals surface area contributed by atoms with E-state index in [1.54, 1.807) is 13.8 Å². The van der Waals surface area contributed by atoms with E-state index in [4.69, 9.17) is 10.3 Å². The van der Waals surface area contributed by atoms with Gasteiger partial charge in [0, 0.05) is 18.4 Å². The van der Waals surface area contributed by atoms with Gasteiger partial charge in [0.1, 0.15) is 5.76 Å². The molecule has 0 bridgehead atoms. The number of aromatic nitrogens is 1. The molecule has 2 N–H and O–H groups in total. The van der Waals surface area contributed by atoms with Gasteiger partial charge >= 0.3 is 0 Å². The van der Waals surface area contributed by atoms with Crippen LogP contribution in [0.1, 0.15) is 29.9 Å². The molecule has 1 saturated carbocycles. The van der Waals surface area contributed by atoms with Gasteiger partial charge in [0.15, 0.2) is 0 Å². The minimum absolute atomic E-state index is 0.317. The summed E-state index contributed by atoms with van der Waals surface area (Å²) in [7, 11) is 0. The lowest BCUT2D eigenvalue weighted by molar-refractivity contribution is -0.125. The third-order valence-electron chi connectivity index (χ3n) is 2.68. The van der Waals surface area contributed by atoms with Gasteiger partial charge in [0.2, 0.25) is 0 Å². The Kier molecular flexibility index (Phi) is 1.73. The van der Waals surface area contributed by atoms with Crippen molar-refractivity contribution in [3.63, 3.8) is 0 Å². The van der Waals surface area contributed by atoms with Crippen LogP contribution >= 0.6 is 0 Å². The third-order valence-corrected chi connectivity index (χ3v) is 2.68. The van der Waals surface area contributed by atoms with Crippen LogP contribution in [0.3, 0.4) is 0 Å². The van der Waals surface area contributed by atoms with E-state index in [1.807, 2.05) is 0 Å². The zero-order valence-electron chi connectivity index (χ0n) is 8.10. The molecule has 0 atom stereocenters. The minimum Gasteiger partial charge on any atom is -0.361 e. The molecule has 3 nitrogen and oxygen atoms in total. The first-order valence-corrected chi connectivity index (χ1v) is 4.44. The molecule has 1 fully saturated rings. The standard InChI is InChI=1S/C9H12F2N2O/c1-5-7(6(2)14-13-5)8(12)3-9(10,11)4-8/h3-4,12H2,1-2H3. The molecular weight excluding hydrogens is 190 g/mol. The first kappa shape index (κ1) is 9.58. The summed E-state index contributed by atoms with van der Waals surface area (Å²) >= 11 is 0. The molecular formula is C9H12F2N2O. The Labute approximate surface area is 80.3 Å².